The molecule has 2 nitrogen and oxygen atoms in total. The number of aliphatic hydroxyl groups is 1. The Labute approximate surface area is 78.4 Å². The number of hydrogen-bond acceptors (Lipinski definition) is 2. The molecule has 0 amide bonds. The highest BCUT2D eigenvalue weighted by Gasteiger charge is 2.19. The van der Waals surface area contributed by atoms with Crippen LogP contribution in [0.3, 0.4) is 0 Å². The summed E-state index contributed by atoms with van der Waals surface area (Å²) >= 11 is 0. The van der Waals surface area contributed by atoms with Crippen LogP contribution in [0.5, 0.6) is 0 Å². The van der Waals surface area contributed by atoms with Crippen LogP contribution in [0.15, 0.2) is 24.3 Å². The Hall–Kier alpha value is -0.860. The second-order valence-corrected chi connectivity index (χ2v) is 3.76. The summed E-state index contributed by atoms with van der Waals surface area (Å²) in [7, 11) is 0. The van der Waals surface area contributed by atoms with Crippen molar-refractivity contribution in [3.63, 3.8) is 0 Å². The monoisotopic (exact) mass is 177 g/mol. The maximum atomic E-state index is 9.80. The van der Waals surface area contributed by atoms with E-state index in [9.17, 15) is 5.11 Å². The Balaban J connectivity index is 2.38. The Bertz CT molecular complexity index is 298. The van der Waals surface area contributed by atoms with Crippen molar-refractivity contribution in [2.24, 2.45) is 5.73 Å². The fourth-order valence-electron chi connectivity index (χ4n) is 1.96. The van der Waals surface area contributed by atoms with Crippen LogP contribution in [0.1, 0.15) is 30.1 Å². The molecule has 0 bridgehead atoms. The fraction of sp³-hybridized carbons (Fsp3) is 0.455. The molecule has 1 aromatic carbocycles. The van der Waals surface area contributed by atoms with Crippen LogP contribution >= 0.6 is 0 Å². The maximum Gasteiger partial charge on any atom is 0.0793 e. The van der Waals surface area contributed by atoms with E-state index in [1.165, 1.54) is 5.56 Å². The van der Waals surface area contributed by atoms with Crippen molar-refractivity contribution in [3.8, 4) is 0 Å². The van der Waals surface area contributed by atoms with Gasteiger partial charge in [-0.3, -0.25) is 0 Å². The molecule has 0 aliphatic heterocycles. The van der Waals surface area contributed by atoms with Gasteiger partial charge in [-0.25, -0.2) is 0 Å². The van der Waals surface area contributed by atoms with Crippen molar-refractivity contribution in [1.29, 1.82) is 0 Å². The third-order valence-corrected chi connectivity index (χ3v) is 2.71. The molecule has 0 saturated carbocycles. The average molecular weight is 177 g/mol. The largest absolute Gasteiger partial charge is 0.388 e. The van der Waals surface area contributed by atoms with E-state index in [4.69, 9.17) is 5.73 Å². The van der Waals surface area contributed by atoms with Crippen molar-refractivity contribution < 1.29 is 5.11 Å². The molecule has 3 N–H and O–H groups in total. The predicted molar refractivity (Wildman–Crippen MR) is 52.3 cm³/mol. The van der Waals surface area contributed by atoms with Gasteiger partial charge < -0.3 is 10.8 Å². The van der Waals surface area contributed by atoms with Crippen LogP contribution in [-0.4, -0.2) is 11.1 Å². The topological polar surface area (TPSA) is 46.2 Å². The number of hydrogen-bond donors (Lipinski definition) is 2. The van der Waals surface area contributed by atoms with Crippen LogP contribution in [0.2, 0.25) is 0 Å². The molecule has 0 heterocycles. The van der Waals surface area contributed by atoms with Gasteiger partial charge in [0.1, 0.15) is 0 Å². The Morgan fingerprint density at radius 1 is 1.23 bits per heavy atom. The fourth-order valence-corrected chi connectivity index (χ4v) is 1.96. The summed E-state index contributed by atoms with van der Waals surface area (Å²) in [6.45, 7) is 0. The van der Waals surface area contributed by atoms with Crippen LogP contribution in [0.4, 0.5) is 0 Å². The lowest BCUT2D eigenvalue weighted by Crippen LogP contribution is -2.21. The molecule has 0 saturated heterocycles. The van der Waals surface area contributed by atoms with Gasteiger partial charge in [-0.1, -0.05) is 24.3 Å². The summed E-state index contributed by atoms with van der Waals surface area (Å²) in [5.41, 5.74) is 8.17. The molecule has 70 valence electrons. The van der Waals surface area contributed by atoms with E-state index >= 15 is 0 Å². The van der Waals surface area contributed by atoms with E-state index < -0.39 is 0 Å². The van der Waals surface area contributed by atoms with Gasteiger partial charge >= 0.3 is 0 Å². The van der Waals surface area contributed by atoms with Gasteiger partial charge in [-0.15, -0.1) is 0 Å². The predicted octanol–water partition coefficient (Wildman–Crippen LogP) is 1.38. The van der Waals surface area contributed by atoms with Crippen molar-refractivity contribution in [2.45, 2.75) is 31.4 Å². The lowest BCUT2D eigenvalue weighted by molar-refractivity contribution is 0.165. The second kappa shape index (κ2) is 3.48. The molecule has 1 aliphatic rings. The second-order valence-electron chi connectivity index (χ2n) is 3.76. The van der Waals surface area contributed by atoms with Gasteiger partial charge in [0, 0.05) is 6.04 Å². The average Bonchev–Trinajstić information content (AvgIpc) is 2.27. The van der Waals surface area contributed by atoms with Crippen LogP contribution in [0.25, 0.3) is 0 Å². The molecule has 13 heavy (non-hydrogen) atoms. The zero-order valence-corrected chi connectivity index (χ0v) is 7.61. The maximum absolute atomic E-state index is 9.80. The quantitative estimate of drug-likeness (QED) is 0.588. The molecular weight excluding hydrogens is 162 g/mol. The summed E-state index contributed by atoms with van der Waals surface area (Å²) in [5, 5.41) is 9.80. The highest BCUT2D eigenvalue weighted by Crippen LogP contribution is 2.27. The number of aliphatic hydroxyl groups excluding tert-OH is 1. The first-order valence-corrected chi connectivity index (χ1v) is 4.79. The van der Waals surface area contributed by atoms with Crippen molar-refractivity contribution in [2.75, 3.05) is 0 Å². The molecule has 1 aromatic rings. The number of nitrogens with two attached hydrogens (primary N) is 1. The van der Waals surface area contributed by atoms with E-state index in [0.29, 0.717) is 0 Å². The van der Waals surface area contributed by atoms with Crippen LogP contribution < -0.4 is 5.73 Å². The van der Waals surface area contributed by atoms with E-state index in [0.717, 1.165) is 24.8 Å². The third-order valence-electron chi connectivity index (χ3n) is 2.71. The summed E-state index contributed by atoms with van der Waals surface area (Å²) in [6.07, 6.45) is 2.28. The van der Waals surface area contributed by atoms with Gasteiger partial charge in [-0.05, 0) is 30.4 Å². The highest BCUT2D eigenvalue weighted by atomic mass is 16.3. The molecule has 0 unspecified atom stereocenters. The normalized spacial score (nSPS) is 27.8. The molecule has 2 rings (SSSR count). The molecule has 0 aromatic heterocycles. The molecule has 0 spiro atoms. The lowest BCUT2D eigenvalue weighted by Gasteiger charge is -2.10. The van der Waals surface area contributed by atoms with Crippen LogP contribution in [0, 0.1) is 0 Å². The van der Waals surface area contributed by atoms with Gasteiger partial charge in [0.2, 0.25) is 0 Å². The zero-order valence-electron chi connectivity index (χ0n) is 7.61. The SMILES string of the molecule is N[C@@H]1CC[C@H](O)c2ccccc2C1. The van der Waals surface area contributed by atoms with E-state index in [-0.39, 0.29) is 12.1 Å². The van der Waals surface area contributed by atoms with Gasteiger partial charge in [0.15, 0.2) is 0 Å². The minimum Gasteiger partial charge on any atom is -0.388 e. The Morgan fingerprint density at radius 3 is 2.85 bits per heavy atom. The molecule has 0 fully saturated rings. The van der Waals surface area contributed by atoms with Crippen molar-refractivity contribution in [3.05, 3.63) is 35.4 Å². The van der Waals surface area contributed by atoms with E-state index in [1.54, 1.807) is 0 Å². The molecule has 0 radical (unpaired) electrons. The summed E-state index contributed by atoms with van der Waals surface area (Å²) in [4.78, 5) is 0. The van der Waals surface area contributed by atoms with Crippen molar-refractivity contribution in [1.82, 2.24) is 0 Å². The minimum atomic E-state index is -0.315. The standard InChI is InChI=1S/C11H15NO/c12-9-5-6-11(13)10-4-2-1-3-8(10)7-9/h1-4,9,11,13H,5-7,12H2/t9-,11+/m1/s1. The van der Waals surface area contributed by atoms with Gasteiger partial charge in [0.25, 0.3) is 0 Å². The lowest BCUT2D eigenvalue weighted by atomic mass is 10.0. The highest BCUT2D eigenvalue weighted by molar-refractivity contribution is 5.30. The minimum absolute atomic E-state index is 0.207. The van der Waals surface area contributed by atoms with Gasteiger partial charge in [-0.2, -0.15) is 0 Å². The summed E-state index contributed by atoms with van der Waals surface area (Å²) in [5.74, 6) is 0. The summed E-state index contributed by atoms with van der Waals surface area (Å²) in [6, 6.07) is 8.24. The van der Waals surface area contributed by atoms with E-state index in [1.807, 2.05) is 18.2 Å². The third kappa shape index (κ3) is 1.74. The first-order valence-electron chi connectivity index (χ1n) is 4.79. The number of rotatable bonds is 0. The summed E-state index contributed by atoms with van der Waals surface area (Å²) < 4.78 is 0. The van der Waals surface area contributed by atoms with Crippen molar-refractivity contribution >= 4 is 0 Å². The first kappa shape index (κ1) is 8.73. The van der Waals surface area contributed by atoms with Crippen LogP contribution in [-0.2, 0) is 6.42 Å². The van der Waals surface area contributed by atoms with E-state index in [2.05, 4.69) is 6.07 Å². The molecule has 1 aliphatic carbocycles. The first-order chi connectivity index (χ1) is 6.27. The van der Waals surface area contributed by atoms with Gasteiger partial charge in [0.05, 0.1) is 6.10 Å². The number of fused-ring (bicyclic) bond motifs is 1. The zero-order chi connectivity index (χ0) is 9.26. The molecule has 2 atom stereocenters. The molecular formula is C11H15NO. The Morgan fingerprint density at radius 2 is 2.00 bits per heavy atom. The number of benzene rings is 1. The molecule has 2 heteroatoms. The smallest absolute Gasteiger partial charge is 0.0793 e. The Kier molecular flexibility index (Phi) is 2.34.